The smallest absolute Gasteiger partial charge is 0.319 e. The number of carbonyl (C=O) groups excluding carboxylic acids is 1. The Morgan fingerprint density at radius 2 is 1.67 bits per heavy atom. The molecule has 0 atom stereocenters. The molecule has 0 aromatic heterocycles. The van der Waals surface area contributed by atoms with Crippen molar-refractivity contribution >= 4 is 11.6 Å². The van der Waals surface area contributed by atoms with E-state index in [1.807, 2.05) is 11.8 Å². The molecule has 1 amide bonds. The summed E-state index contributed by atoms with van der Waals surface area (Å²) in [4.78, 5) is 16.5. The van der Waals surface area contributed by atoms with E-state index < -0.39 is 29.3 Å². The predicted molar refractivity (Wildman–Crippen MR) is 103 cm³/mol. The van der Waals surface area contributed by atoms with E-state index >= 15 is 0 Å². The lowest BCUT2D eigenvalue weighted by Crippen LogP contribution is -2.45. The average Bonchev–Trinajstić information content (AvgIpc) is 2.70. The van der Waals surface area contributed by atoms with Crippen LogP contribution in [0.15, 0.2) is 36.4 Å². The summed E-state index contributed by atoms with van der Waals surface area (Å²) < 4.78 is 67.6. The maximum absolute atomic E-state index is 13.7. The fraction of sp³-hybridized carbons (Fsp3) is 0.381. The lowest BCUT2D eigenvalue weighted by molar-refractivity contribution is -0.138. The third kappa shape index (κ3) is 5.34. The van der Waals surface area contributed by atoms with Crippen LogP contribution in [0, 0.1) is 11.6 Å². The zero-order valence-electron chi connectivity index (χ0n) is 16.4. The van der Waals surface area contributed by atoms with Crippen LogP contribution >= 0.6 is 0 Å². The van der Waals surface area contributed by atoms with Crippen LogP contribution in [0.2, 0.25) is 0 Å². The van der Waals surface area contributed by atoms with Crippen molar-refractivity contribution in [2.24, 2.45) is 0 Å². The van der Waals surface area contributed by atoms with Gasteiger partial charge in [-0.2, -0.15) is 13.2 Å². The lowest BCUT2D eigenvalue weighted by atomic mass is 10.0. The molecule has 0 radical (unpaired) electrons. The van der Waals surface area contributed by atoms with Crippen molar-refractivity contribution in [2.45, 2.75) is 19.6 Å². The van der Waals surface area contributed by atoms with Gasteiger partial charge in [0.15, 0.2) is 0 Å². The van der Waals surface area contributed by atoms with Crippen LogP contribution in [0.4, 0.5) is 27.6 Å². The van der Waals surface area contributed by atoms with Gasteiger partial charge in [0.1, 0.15) is 11.6 Å². The molecule has 4 nitrogen and oxygen atoms in total. The molecule has 0 aliphatic carbocycles. The van der Waals surface area contributed by atoms with Crippen molar-refractivity contribution in [3.63, 3.8) is 0 Å². The molecule has 1 aliphatic rings. The first-order valence-corrected chi connectivity index (χ1v) is 9.58. The number of halogens is 5. The number of benzene rings is 2. The molecule has 0 unspecified atom stereocenters. The maximum Gasteiger partial charge on any atom is 0.416 e. The van der Waals surface area contributed by atoms with Gasteiger partial charge in [-0.1, -0.05) is 13.0 Å². The number of nitrogens with zero attached hydrogens (tertiary/aromatic N) is 2. The topological polar surface area (TPSA) is 35.6 Å². The molecule has 1 saturated heterocycles. The van der Waals surface area contributed by atoms with E-state index in [4.69, 9.17) is 0 Å². The number of piperazine rings is 1. The molecular weight excluding hydrogens is 405 g/mol. The van der Waals surface area contributed by atoms with E-state index in [9.17, 15) is 26.7 Å². The molecule has 1 fully saturated rings. The van der Waals surface area contributed by atoms with Gasteiger partial charge in [-0.05, 0) is 36.4 Å². The van der Waals surface area contributed by atoms with Crippen molar-refractivity contribution in [3.05, 3.63) is 64.7 Å². The largest absolute Gasteiger partial charge is 0.416 e. The molecule has 1 aliphatic heterocycles. The van der Waals surface area contributed by atoms with Crippen LogP contribution in [0.3, 0.4) is 0 Å². The second kappa shape index (κ2) is 9.09. The number of hydrogen-bond acceptors (Lipinski definition) is 3. The second-order valence-electron chi connectivity index (χ2n) is 7.16. The molecular formula is C21H22F5N3O. The van der Waals surface area contributed by atoms with Gasteiger partial charge in [-0.15, -0.1) is 0 Å². The SMILES string of the molecule is CCN1CCN(Cc2ccc(C(=O)Nc3ccc(F)cc3F)cc2C(F)(F)F)CC1. The number of hydrogen-bond donors (Lipinski definition) is 1. The molecule has 3 rings (SSSR count). The first kappa shape index (κ1) is 22.2. The predicted octanol–water partition coefficient (Wildman–Crippen LogP) is 4.37. The van der Waals surface area contributed by atoms with Crippen LogP contribution in [0.1, 0.15) is 28.4 Å². The van der Waals surface area contributed by atoms with Crippen LogP contribution in [-0.4, -0.2) is 48.4 Å². The summed E-state index contributed by atoms with van der Waals surface area (Å²) in [5.74, 6) is -2.75. The summed E-state index contributed by atoms with van der Waals surface area (Å²) in [6, 6.07) is 5.87. The first-order valence-electron chi connectivity index (χ1n) is 9.58. The number of nitrogens with one attached hydrogen (secondary N) is 1. The molecule has 2 aromatic carbocycles. The van der Waals surface area contributed by atoms with E-state index in [-0.39, 0.29) is 23.4 Å². The van der Waals surface area contributed by atoms with Crippen LogP contribution in [0.5, 0.6) is 0 Å². The second-order valence-corrected chi connectivity index (χ2v) is 7.16. The Morgan fingerprint density at radius 3 is 2.27 bits per heavy atom. The molecule has 162 valence electrons. The van der Waals surface area contributed by atoms with Crippen LogP contribution in [0.25, 0.3) is 0 Å². The van der Waals surface area contributed by atoms with Gasteiger partial charge >= 0.3 is 6.18 Å². The lowest BCUT2D eigenvalue weighted by Gasteiger charge is -2.34. The molecule has 30 heavy (non-hydrogen) atoms. The van der Waals surface area contributed by atoms with E-state index in [1.165, 1.54) is 12.1 Å². The normalized spacial score (nSPS) is 15.9. The van der Waals surface area contributed by atoms with Crippen LogP contribution in [-0.2, 0) is 12.7 Å². The van der Waals surface area contributed by atoms with Gasteiger partial charge in [0.2, 0.25) is 0 Å². The highest BCUT2D eigenvalue weighted by Crippen LogP contribution is 2.33. The molecule has 0 spiro atoms. The van der Waals surface area contributed by atoms with E-state index in [1.54, 1.807) is 0 Å². The van der Waals surface area contributed by atoms with Gasteiger partial charge in [0.25, 0.3) is 5.91 Å². The summed E-state index contributed by atoms with van der Waals surface area (Å²) in [6.07, 6.45) is -4.64. The third-order valence-corrected chi connectivity index (χ3v) is 5.16. The minimum absolute atomic E-state index is 0.0805. The number of carbonyl (C=O) groups is 1. The van der Waals surface area contributed by atoms with Gasteiger partial charge in [0.05, 0.1) is 11.3 Å². The highest BCUT2D eigenvalue weighted by Gasteiger charge is 2.34. The Balaban J connectivity index is 1.79. The quantitative estimate of drug-likeness (QED) is 0.720. The average molecular weight is 427 g/mol. The van der Waals surface area contributed by atoms with Crippen molar-refractivity contribution in [2.75, 3.05) is 38.0 Å². The number of anilines is 1. The Morgan fingerprint density at radius 1 is 1.00 bits per heavy atom. The Hall–Kier alpha value is -2.52. The zero-order chi connectivity index (χ0) is 21.9. The maximum atomic E-state index is 13.7. The molecule has 2 aromatic rings. The minimum Gasteiger partial charge on any atom is -0.319 e. The van der Waals surface area contributed by atoms with Gasteiger partial charge in [-0.3, -0.25) is 9.69 Å². The summed E-state index contributed by atoms with van der Waals surface area (Å²) in [6.45, 7) is 5.98. The highest BCUT2D eigenvalue weighted by atomic mass is 19.4. The minimum atomic E-state index is -4.64. The Labute approximate surface area is 171 Å². The van der Waals surface area contributed by atoms with Crippen molar-refractivity contribution in [1.29, 1.82) is 0 Å². The first-order chi connectivity index (χ1) is 14.2. The molecule has 0 bridgehead atoms. The number of amides is 1. The zero-order valence-corrected chi connectivity index (χ0v) is 16.4. The van der Waals surface area contributed by atoms with E-state index in [2.05, 4.69) is 10.2 Å². The summed E-state index contributed by atoms with van der Waals surface area (Å²) in [7, 11) is 0. The highest BCUT2D eigenvalue weighted by molar-refractivity contribution is 6.04. The number of alkyl halides is 3. The monoisotopic (exact) mass is 427 g/mol. The number of rotatable bonds is 5. The summed E-state index contributed by atoms with van der Waals surface area (Å²) in [5, 5.41) is 2.18. The summed E-state index contributed by atoms with van der Waals surface area (Å²) in [5.41, 5.74) is -1.39. The van der Waals surface area contributed by atoms with Gasteiger partial charge in [-0.25, -0.2) is 8.78 Å². The van der Waals surface area contributed by atoms with Crippen molar-refractivity contribution < 1.29 is 26.7 Å². The Kier molecular flexibility index (Phi) is 6.72. The van der Waals surface area contributed by atoms with Crippen LogP contribution < -0.4 is 5.32 Å². The van der Waals surface area contributed by atoms with E-state index in [0.717, 1.165) is 37.8 Å². The van der Waals surface area contributed by atoms with Gasteiger partial charge in [0, 0.05) is 44.4 Å². The van der Waals surface area contributed by atoms with Crippen molar-refractivity contribution in [3.8, 4) is 0 Å². The molecule has 0 saturated carbocycles. The Bertz CT molecular complexity index is 908. The third-order valence-electron chi connectivity index (χ3n) is 5.16. The molecule has 9 heteroatoms. The fourth-order valence-corrected chi connectivity index (χ4v) is 3.41. The summed E-state index contributed by atoms with van der Waals surface area (Å²) >= 11 is 0. The van der Waals surface area contributed by atoms with E-state index in [0.29, 0.717) is 19.2 Å². The molecule has 1 N–H and O–H groups in total. The fourth-order valence-electron chi connectivity index (χ4n) is 3.41. The number of likely N-dealkylation sites (N-methyl/N-ethyl adjacent to an activating group) is 1. The van der Waals surface area contributed by atoms with Gasteiger partial charge < -0.3 is 10.2 Å². The van der Waals surface area contributed by atoms with Crippen molar-refractivity contribution in [1.82, 2.24) is 9.80 Å². The standard InChI is InChI=1S/C21H22F5N3O/c1-2-28-7-9-29(10-8-28)13-15-4-3-14(11-17(15)21(24,25)26)20(30)27-19-6-5-16(22)12-18(19)23/h3-6,11-12H,2,7-10,13H2,1H3,(H,27,30). The molecule has 1 heterocycles.